The summed E-state index contributed by atoms with van der Waals surface area (Å²) in [6, 6.07) is 16.8. The van der Waals surface area contributed by atoms with Gasteiger partial charge in [-0.3, -0.25) is 18.7 Å². The van der Waals surface area contributed by atoms with Gasteiger partial charge in [-0.1, -0.05) is 35.9 Å². The first-order chi connectivity index (χ1) is 21.0. The van der Waals surface area contributed by atoms with Crippen molar-refractivity contribution in [3.8, 4) is 6.07 Å². The third-order valence-corrected chi connectivity index (χ3v) is 10.4. The summed E-state index contributed by atoms with van der Waals surface area (Å²) in [6.07, 6.45) is 1.31. The van der Waals surface area contributed by atoms with E-state index in [4.69, 9.17) is 11.6 Å². The molecule has 0 aliphatic carbocycles. The van der Waals surface area contributed by atoms with E-state index < -0.39 is 40.2 Å². The van der Waals surface area contributed by atoms with Crippen molar-refractivity contribution in [2.45, 2.75) is 50.0 Å². The molecular weight excluding hydrogens is 602 g/mol. The van der Waals surface area contributed by atoms with Gasteiger partial charge in [-0.25, -0.2) is 8.42 Å². The molecule has 2 N–H and O–H groups in total. The predicted octanol–water partition coefficient (Wildman–Crippen LogP) is 4.26. The minimum absolute atomic E-state index is 0.0219. The molecule has 2 atom stereocenters. The van der Waals surface area contributed by atoms with Gasteiger partial charge in [0.2, 0.25) is 17.7 Å². The number of fused-ring (bicyclic) bond motifs is 1. The molecule has 228 valence electrons. The van der Waals surface area contributed by atoms with E-state index in [1.54, 1.807) is 73.3 Å². The van der Waals surface area contributed by atoms with Gasteiger partial charge in [-0.15, -0.1) is 0 Å². The first-order valence-electron chi connectivity index (χ1n) is 14.3. The summed E-state index contributed by atoms with van der Waals surface area (Å²) >= 11 is 6.24. The van der Waals surface area contributed by atoms with Gasteiger partial charge in [-0.05, 0) is 79.8 Å². The van der Waals surface area contributed by atoms with Crippen LogP contribution in [0.3, 0.4) is 0 Å². The maximum Gasteiger partial charge on any atom is 0.265 e. The van der Waals surface area contributed by atoms with Gasteiger partial charge in [0.1, 0.15) is 6.04 Å². The van der Waals surface area contributed by atoms with E-state index in [0.29, 0.717) is 46.1 Å². The number of hydrogen-bond donors (Lipinski definition) is 2. The number of hydrogen-bond acceptors (Lipinski definition) is 6. The van der Waals surface area contributed by atoms with E-state index in [9.17, 15) is 28.1 Å². The summed E-state index contributed by atoms with van der Waals surface area (Å²) in [6.45, 7) is 4.50. The van der Waals surface area contributed by atoms with Crippen LogP contribution in [0.25, 0.3) is 0 Å². The van der Waals surface area contributed by atoms with Crippen molar-refractivity contribution in [2.75, 3.05) is 29.3 Å². The smallest absolute Gasteiger partial charge is 0.265 e. The molecule has 1 fully saturated rings. The highest BCUT2D eigenvalue weighted by atomic mass is 35.5. The van der Waals surface area contributed by atoms with Crippen molar-refractivity contribution in [1.29, 1.82) is 5.26 Å². The number of para-hydroxylation sites is 2. The lowest BCUT2D eigenvalue weighted by Gasteiger charge is -2.37. The number of aryl methyl sites for hydroxylation is 2. The van der Waals surface area contributed by atoms with Crippen molar-refractivity contribution < 1.29 is 22.8 Å². The molecule has 0 bridgehead atoms. The Labute approximate surface area is 261 Å². The number of rotatable bonds is 8. The zero-order chi connectivity index (χ0) is 31.6. The number of nitrogens with zero attached hydrogens (tertiary/aromatic N) is 3. The Bertz CT molecular complexity index is 1760. The molecule has 5 rings (SSSR count). The fraction of sp³-hybridized carbons (Fsp3) is 0.312. The number of anilines is 2. The van der Waals surface area contributed by atoms with Crippen LogP contribution in [0.4, 0.5) is 11.4 Å². The van der Waals surface area contributed by atoms with Crippen molar-refractivity contribution in [3.63, 3.8) is 0 Å². The number of benzene rings is 3. The topological polar surface area (TPSA) is 140 Å². The molecule has 0 aromatic heterocycles. The fourth-order valence-electron chi connectivity index (χ4n) is 5.63. The molecule has 2 aliphatic rings. The third kappa shape index (κ3) is 6.14. The average Bonchev–Trinajstić information content (AvgIpc) is 3.55. The lowest BCUT2D eigenvalue weighted by molar-refractivity contribution is -0.132. The Morgan fingerprint density at radius 3 is 2.43 bits per heavy atom. The lowest BCUT2D eigenvalue weighted by atomic mass is 9.96. The maximum atomic E-state index is 14.2. The molecule has 0 radical (unpaired) electrons. The summed E-state index contributed by atoms with van der Waals surface area (Å²) in [4.78, 5) is 42.0. The second-order valence-corrected chi connectivity index (χ2v) is 13.2. The molecule has 44 heavy (non-hydrogen) atoms. The standard InChI is InChI=1S/C32H32ClN5O5S/c1-20-16-29(21(2)15-25(20)33)44(42,43)38-27-8-4-3-7-26(27)36-31(40)28(38)17-30(39)35-19-24(32(41)37-13-5-6-14-37)23-11-9-22(18-34)10-12-23/h3-4,7-12,15-16,24,28H,5-6,13-14,17,19H2,1-2H3,(H,35,39)(H,36,40)/t24-,28+/m0/s1. The number of carbonyl (C=O) groups excluding carboxylic acids is 3. The van der Waals surface area contributed by atoms with E-state index in [2.05, 4.69) is 16.7 Å². The third-order valence-electron chi connectivity index (χ3n) is 8.02. The first kappa shape index (κ1) is 31.0. The summed E-state index contributed by atoms with van der Waals surface area (Å²) < 4.78 is 29.4. The number of amides is 3. The van der Waals surface area contributed by atoms with Gasteiger partial charge < -0.3 is 15.5 Å². The molecule has 0 spiro atoms. The van der Waals surface area contributed by atoms with Crippen LogP contribution in [0.1, 0.15) is 47.4 Å². The van der Waals surface area contributed by atoms with E-state index in [0.717, 1.165) is 17.1 Å². The highest BCUT2D eigenvalue weighted by Crippen LogP contribution is 2.38. The van der Waals surface area contributed by atoms with Gasteiger partial charge in [0.05, 0.1) is 40.2 Å². The van der Waals surface area contributed by atoms with Gasteiger partial charge >= 0.3 is 0 Å². The van der Waals surface area contributed by atoms with Crippen LogP contribution >= 0.6 is 11.6 Å². The van der Waals surface area contributed by atoms with Crippen molar-refractivity contribution >= 4 is 50.7 Å². The SMILES string of the molecule is Cc1cc(S(=O)(=O)N2c3ccccc3NC(=O)[C@H]2CC(=O)NC[C@H](C(=O)N2CCCC2)c2ccc(C#N)cc2)c(C)cc1Cl. The number of nitriles is 1. The molecular formula is C32H32ClN5O5S. The quantitative estimate of drug-likeness (QED) is 0.380. The number of likely N-dealkylation sites (tertiary alicyclic amines) is 1. The Morgan fingerprint density at radius 2 is 1.75 bits per heavy atom. The summed E-state index contributed by atoms with van der Waals surface area (Å²) in [5.41, 5.74) is 2.58. The zero-order valence-electron chi connectivity index (χ0n) is 24.3. The van der Waals surface area contributed by atoms with E-state index in [1.165, 1.54) is 6.07 Å². The summed E-state index contributed by atoms with van der Waals surface area (Å²) in [7, 11) is -4.33. The second-order valence-electron chi connectivity index (χ2n) is 11.0. The first-order valence-corrected chi connectivity index (χ1v) is 16.1. The molecule has 0 saturated carbocycles. The highest BCUT2D eigenvalue weighted by molar-refractivity contribution is 7.93. The van der Waals surface area contributed by atoms with Crippen molar-refractivity contribution in [1.82, 2.24) is 10.2 Å². The monoisotopic (exact) mass is 633 g/mol. The Morgan fingerprint density at radius 1 is 1.07 bits per heavy atom. The number of carbonyl (C=O) groups is 3. The van der Waals surface area contributed by atoms with E-state index in [1.807, 2.05) is 0 Å². The van der Waals surface area contributed by atoms with Crippen LogP contribution in [-0.2, 0) is 24.4 Å². The van der Waals surface area contributed by atoms with Gasteiger partial charge in [0.15, 0.2) is 0 Å². The fourth-order valence-corrected chi connectivity index (χ4v) is 7.78. The largest absolute Gasteiger partial charge is 0.355 e. The molecule has 12 heteroatoms. The summed E-state index contributed by atoms with van der Waals surface area (Å²) in [5, 5.41) is 15.1. The minimum Gasteiger partial charge on any atom is -0.355 e. The van der Waals surface area contributed by atoms with Crippen LogP contribution in [0.15, 0.2) is 65.6 Å². The highest BCUT2D eigenvalue weighted by Gasteiger charge is 2.42. The molecule has 3 aromatic rings. The molecule has 1 saturated heterocycles. The summed E-state index contributed by atoms with van der Waals surface area (Å²) in [5.74, 6) is -2.11. The Balaban J connectivity index is 1.43. The number of sulfonamides is 1. The molecule has 10 nitrogen and oxygen atoms in total. The van der Waals surface area contributed by atoms with Gasteiger partial charge in [-0.2, -0.15) is 5.26 Å². The molecule has 3 amide bonds. The van der Waals surface area contributed by atoms with Gasteiger partial charge in [0.25, 0.3) is 10.0 Å². The van der Waals surface area contributed by atoms with Crippen LogP contribution < -0.4 is 14.9 Å². The Kier molecular flexibility index (Phi) is 8.95. The zero-order valence-corrected chi connectivity index (χ0v) is 25.9. The van der Waals surface area contributed by atoms with Crippen molar-refractivity contribution in [3.05, 3.63) is 87.9 Å². The Hall–Kier alpha value is -4.40. The van der Waals surface area contributed by atoms with Crippen LogP contribution in [0.5, 0.6) is 0 Å². The van der Waals surface area contributed by atoms with E-state index >= 15 is 0 Å². The number of nitrogens with one attached hydrogen (secondary N) is 2. The second kappa shape index (κ2) is 12.7. The van der Waals surface area contributed by atoms with Gasteiger partial charge in [0, 0.05) is 24.7 Å². The minimum atomic E-state index is -4.33. The molecule has 0 unspecified atom stereocenters. The predicted molar refractivity (Wildman–Crippen MR) is 167 cm³/mol. The lowest BCUT2D eigenvalue weighted by Crippen LogP contribution is -2.53. The van der Waals surface area contributed by atoms with Crippen molar-refractivity contribution in [2.24, 2.45) is 0 Å². The van der Waals surface area contributed by atoms with E-state index in [-0.39, 0.29) is 23.0 Å². The molecule has 2 aliphatic heterocycles. The van der Waals surface area contributed by atoms with Crippen LogP contribution in [-0.4, -0.2) is 56.7 Å². The molecule has 2 heterocycles. The molecule has 3 aromatic carbocycles. The normalized spacial score (nSPS) is 17.0. The average molecular weight is 634 g/mol. The van der Waals surface area contributed by atoms with Crippen LogP contribution in [0, 0.1) is 25.2 Å². The maximum absolute atomic E-state index is 14.2. The van der Waals surface area contributed by atoms with Crippen LogP contribution in [0.2, 0.25) is 5.02 Å². The number of halogens is 1.